The highest BCUT2D eigenvalue weighted by Gasteiger charge is 2.42. The van der Waals surface area contributed by atoms with Crippen LogP contribution in [0.4, 0.5) is 4.79 Å². The molecular weight excluding hydrogens is 620 g/mol. The van der Waals surface area contributed by atoms with Crippen molar-refractivity contribution in [2.75, 3.05) is 13.2 Å². The summed E-state index contributed by atoms with van der Waals surface area (Å²) in [6.07, 6.45) is 3.57. The number of carbonyl (C=O) groups is 3. The van der Waals surface area contributed by atoms with Crippen molar-refractivity contribution < 1.29 is 34.2 Å². The first-order valence-corrected chi connectivity index (χ1v) is 20.0. The molecule has 2 amide bonds. The van der Waals surface area contributed by atoms with Crippen LogP contribution in [0.25, 0.3) is 22.3 Å². The van der Waals surface area contributed by atoms with Crippen molar-refractivity contribution in [1.29, 1.82) is 0 Å². The maximum Gasteiger partial charge on any atom is 0.412 e. The second kappa shape index (κ2) is 14.1. The Morgan fingerprint density at radius 1 is 1.09 bits per heavy atom. The first-order valence-electron chi connectivity index (χ1n) is 16.3. The second-order valence-electron chi connectivity index (χ2n) is 13.6. The van der Waals surface area contributed by atoms with E-state index in [4.69, 9.17) is 19.7 Å². The summed E-state index contributed by atoms with van der Waals surface area (Å²) in [4.78, 5) is 55.5. The lowest BCUT2D eigenvalue weighted by molar-refractivity contribution is -0.142. The SMILES string of the molecule is CCC1(O)C(=O)COCc2c1cc1n(c2=O)Cc2c-1nc1ccc(OC(=O)NCCCCCCC(=O)NO)cc1c2CC[Si](C)(C)C. The fourth-order valence-corrected chi connectivity index (χ4v) is 7.34. The highest BCUT2D eigenvalue weighted by atomic mass is 28.3. The molecule has 4 N–H and O–H groups in total. The summed E-state index contributed by atoms with van der Waals surface area (Å²) in [5.41, 5.74) is 3.97. The number of ether oxygens (including phenoxy) is 2. The Balaban J connectivity index is 1.43. The average Bonchev–Trinajstić information content (AvgIpc) is 3.34. The van der Waals surface area contributed by atoms with Crippen molar-refractivity contribution >= 4 is 36.8 Å². The number of pyridine rings is 2. The van der Waals surface area contributed by atoms with Gasteiger partial charge in [0.1, 0.15) is 12.4 Å². The number of Topliss-reactive ketones (excluding diaryl/α,β-unsaturated/α-hetero) is 1. The molecule has 0 saturated heterocycles. The molecule has 2 aliphatic rings. The Kier molecular flexibility index (Phi) is 10.3. The average molecular weight is 665 g/mol. The van der Waals surface area contributed by atoms with Gasteiger partial charge >= 0.3 is 6.09 Å². The minimum absolute atomic E-state index is 0.0527. The predicted molar refractivity (Wildman–Crippen MR) is 178 cm³/mol. The molecule has 47 heavy (non-hydrogen) atoms. The Morgan fingerprint density at radius 2 is 1.85 bits per heavy atom. The van der Waals surface area contributed by atoms with E-state index in [1.807, 2.05) is 12.1 Å². The summed E-state index contributed by atoms with van der Waals surface area (Å²) in [6, 6.07) is 8.07. The summed E-state index contributed by atoms with van der Waals surface area (Å²) >= 11 is 0. The monoisotopic (exact) mass is 664 g/mol. The minimum Gasteiger partial charge on any atom is -0.410 e. The largest absolute Gasteiger partial charge is 0.412 e. The van der Waals surface area contributed by atoms with Gasteiger partial charge < -0.3 is 24.5 Å². The zero-order valence-corrected chi connectivity index (χ0v) is 28.5. The molecule has 3 aromatic rings. The molecule has 12 nitrogen and oxygen atoms in total. The van der Waals surface area contributed by atoms with Gasteiger partial charge in [0.25, 0.3) is 5.56 Å². The highest BCUT2D eigenvalue weighted by molar-refractivity contribution is 6.76. The van der Waals surface area contributed by atoms with Crippen LogP contribution in [0, 0.1) is 0 Å². The van der Waals surface area contributed by atoms with Crippen molar-refractivity contribution in [2.24, 2.45) is 0 Å². The van der Waals surface area contributed by atoms with Crippen LogP contribution in [-0.4, -0.2) is 58.9 Å². The maximum atomic E-state index is 13.9. The van der Waals surface area contributed by atoms with E-state index < -0.39 is 31.5 Å². The molecular formula is C34H44N4O8Si. The number of amides is 2. The van der Waals surface area contributed by atoms with E-state index in [1.54, 1.807) is 29.1 Å². The zero-order valence-electron chi connectivity index (χ0n) is 27.5. The number of aromatic nitrogens is 2. The number of rotatable bonds is 12. The van der Waals surface area contributed by atoms with Crippen LogP contribution in [-0.2, 0) is 39.5 Å². The number of unbranched alkanes of at least 4 members (excludes halogenated alkanes) is 3. The van der Waals surface area contributed by atoms with E-state index in [0.717, 1.165) is 48.2 Å². The van der Waals surface area contributed by atoms with Gasteiger partial charge in [-0.05, 0) is 55.5 Å². The smallest absolute Gasteiger partial charge is 0.410 e. The number of hydrogen-bond donors (Lipinski definition) is 4. The molecule has 4 heterocycles. The molecule has 1 unspecified atom stereocenters. The van der Waals surface area contributed by atoms with Gasteiger partial charge in [-0.15, -0.1) is 0 Å². The van der Waals surface area contributed by atoms with Gasteiger partial charge in [-0.2, -0.15) is 0 Å². The molecule has 2 aromatic heterocycles. The molecule has 252 valence electrons. The van der Waals surface area contributed by atoms with Crippen LogP contribution in [0.2, 0.25) is 25.7 Å². The summed E-state index contributed by atoms with van der Waals surface area (Å²) < 4.78 is 12.8. The third-order valence-electron chi connectivity index (χ3n) is 9.09. The van der Waals surface area contributed by atoms with E-state index >= 15 is 0 Å². The van der Waals surface area contributed by atoms with Crippen LogP contribution < -0.4 is 21.1 Å². The Morgan fingerprint density at radius 3 is 2.57 bits per heavy atom. The molecule has 0 aliphatic carbocycles. The van der Waals surface area contributed by atoms with Crippen LogP contribution >= 0.6 is 0 Å². The first kappa shape index (κ1) is 34.4. The molecule has 13 heteroatoms. The van der Waals surface area contributed by atoms with E-state index in [-0.39, 0.29) is 31.6 Å². The number of hydrogen-bond acceptors (Lipinski definition) is 9. The van der Waals surface area contributed by atoms with Gasteiger partial charge in [0.15, 0.2) is 11.4 Å². The molecule has 0 bridgehead atoms. The van der Waals surface area contributed by atoms with E-state index in [2.05, 4.69) is 25.0 Å². The fourth-order valence-electron chi connectivity index (χ4n) is 6.34. The van der Waals surface area contributed by atoms with Gasteiger partial charge in [0.05, 0.1) is 30.1 Å². The van der Waals surface area contributed by atoms with E-state index in [9.17, 15) is 24.3 Å². The maximum absolute atomic E-state index is 13.9. The summed E-state index contributed by atoms with van der Waals surface area (Å²) in [5, 5.41) is 23.6. The summed E-state index contributed by atoms with van der Waals surface area (Å²) in [7, 11) is -1.49. The molecule has 5 rings (SSSR count). The molecule has 0 spiro atoms. The number of hydroxylamine groups is 1. The topological polar surface area (TPSA) is 169 Å². The van der Waals surface area contributed by atoms with Crippen molar-refractivity contribution in [2.45, 2.75) is 96.3 Å². The van der Waals surface area contributed by atoms with Crippen LogP contribution in [0.5, 0.6) is 5.75 Å². The number of fused-ring (bicyclic) bond motifs is 5. The van der Waals surface area contributed by atoms with Crippen LogP contribution in [0.1, 0.15) is 67.7 Å². The van der Waals surface area contributed by atoms with Gasteiger partial charge in [0.2, 0.25) is 5.91 Å². The standard InChI is InChI=1S/C34H44N4O8Si/c1-5-34(43)26-17-28-31-24(18-38(28)32(41)25(26)19-45-20-29(34)39)22(13-15-47(2,3)4)23-16-21(11-12-27(23)36-31)46-33(42)35-14-9-7-6-8-10-30(40)37-44/h11-12,16-17,43-44H,5-10,13-15,18-20H2,1-4H3,(H,35,42)(H,37,40). The Hall–Kier alpha value is -3.91. The number of nitrogens with zero attached hydrogens (tertiary/aromatic N) is 2. The molecule has 0 saturated carbocycles. The lowest BCUT2D eigenvalue weighted by Crippen LogP contribution is -2.38. The number of carbonyl (C=O) groups excluding carboxylic acids is 3. The number of aliphatic hydroxyl groups is 1. The molecule has 0 radical (unpaired) electrons. The highest BCUT2D eigenvalue weighted by Crippen LogP contribution is 2.40. The first-order chi connectivity index (χ1) is 22.4. The summed E-state index contributed by atoms with van der Waals surface area (Å²) in [6.45, 7) is 9.05. The predicted octanol–water partition coefficient (Wildman–Crippen LogP) is 4.55. The quantitative estimate of drug-likeness (QED) is 0.0735. The van der Waals surface area contributed by atoms with Gasteiger partial charge in [-0.3, -0.25) is 19.6 Å². The van der Waals surface area contributed by atoms with E-state index in [0.29, 0.717) is 53.3 Å². The molecule has 0 fully saturated rings. The third-order valence-corrected chi connectivity index (χ3v) is 10.8. The number of benzene rings is 1. The number of aryl methyl sites for hydroxylation is 1. The number of ketones is 1. The summed E-state index contributed by atoms with van der Waals surface area (Å²) in [5.74, 6) is -0.495. The van der Waals surface area contributed by atoms with Gasteiger partial charge in [-0.25, -0.2) is 15.3 Å². The molecule has 2 aliphatic heterocycles. The normalized spacial score (nSPS) is 17.1. The second-order valence-corrected chi connectivity index (χ2v) is 19.2. The van der Waals surface area contributed by atoms with Crippen LogP contribution in [0.3, 0.4) is 0 Å². The lowest BCUT2D eigenvalue weighted by Gasteiger charge is -2.25. The lowest BCUT2D eigenvalue weighted by atomic mass is 9.85. The van der Waals surface area contributed by atoms with Crippen molar-refractivity contribution in [1.82, 2.24) is 20.3 Å². The van der Waals surface area contributed by atoms with Crippen molar-refractivity contribution in [3.05, 3.63) is 56.9 Å². The van der Waals surface area contributed by atoms with Gasteiger partial charge in [-0.1, -0.05) is 45.5 Å². The van der Waals surface area contributed by atoms with E-state index in [1.165, 1.54) is 0 Å². The Labute approximate surface area is 274 Å². The Bertz CT molecular complexity index is 1770. The van der Waals surface area contributed by atoms with Crippen molar-refractivity contribution in [3.8, 4) is 17.1 Å². The van der Waals surface area contributed by atoms with Gasteiger partial charge in [0, 0.05) is 43.1 Å². The number of nitrogens with one attached hydrogen (secondary N) is 2. The van der Waals surface area contributed by atoms with Crippen molar-refractivity contribution in [3.63, 3.8) is 0 Å². The fraction of sp³-hybridized carbons (Fsp3) is 0.500. The van der Waals surface area contributed by atoms with Crippen LogP contribution in [0.15, 0.2) is 29.1 Å². The zero-order chi connectivity index (χ0) is 33.9. The minimum atomic E-state index is -1.81. The molecule has 1 aromatic carbocycles. The molecule has 1 atom stereocenters. The third kappa shape index (κ3) is 7.33.